The molecule has 1 N–H and O–H groups in total. The molecule has 0 atom stereocenters. The van der Waals surface area contributed by atoms with Crippen molar-refractivity contribution in [3.63, 3.8) is 0 Å². The third-order valence-corrected chi connectivity index (χ3v) is 3.14. The van der Waals surface area contributed by atoms with Gasteiger partial charge in [-0.2, -0.15) is 10.2 Å². The van der Waals surface area contributed by atoms with E-state index in [1.807, 2.05) is 13.8 Å². The van der Waals surface area contributed by atoms with Crippen LogP contribution in [0.4, 0.5) is 5.82 Å². The second-order valence-corrected chi connectivity index (χ2v) is 5.00. The monoisotopic (exact) mass is 275 g/mol. The van der Waals surface area contributed by atoms with Gasteiger partial charge in [0.25, 0.3) is 5.91 Å². The van der Waals surface area contributed by atoms with Crippen LogP contribution in [0, 0.1) is 0 Å². The Kier molecular flexibility index (Phi) is 3.17. The second kappa shape index (κ2) is 4.99. The number of hydrogen-bond donors (Lipinski definition) is 1. The lowest BCUT2D eigenvalue weighted by Crippen LogP contribution is -2.18. The Hall–Kier alpha value is -2.31. The fourth-order valence-corrected chi connectivity index (χ4v) is 2.18. The predicted octanol–water partition coefficient (Wildman–Crippen LogP) is 1.70. The van der Waals surface area contributed by atoms with Gasteiger partial charge in [-0.15, -0.1) is 0 Å². The van der Waals surface area contributed by atoms with Crippen LogP contribution in [0.25, 0.3) is 0 Å². The number of amides is 1. The second-order valence-electron chi connectivity index (χ2n) is 5.00. The highest BCUT2D eigenvalue weighted by molar-refractivity contribution is 6.02. The summed E-state index contributed by atoms with van der Waals surface area (Å²) >= 11 is 0. The molecule has 1 amide bonds. The van der Waals surface area contributed by atoms with Crippen molar-refractivity contribution in [1.29, 1.82) is 0 Å². The van der Waals surface area contributed by atoms with Gasteiger partial charge in [0.15, 0.2) is 5.69 Å². The zero-order valence-electron chi connectivity index (χ0n) is 11.5. The van der Waals surface area contributed by atoms with Crippen LogP contribution in [-0.4, -0.2) is 32.1 Å². The van der Waals surface area contributed by atoms with Gasteiger partial charge in [0.2, 0.25) is 5.88 Å². The lowest BCUT2D eigenvalue weighted by atomic mass is 10.3. The van der Waals surface area contributed by atoms with E-state index in [1.165, 1.54) is 0 Å². The largest absolute Gasteiger partial charge is 0.478 e. The van der Waals surface area contributed by atoms with Gasteiger partial charge in [-0.25, -0.2) is 9.36 Å². The van der Waals surface area contributed by atoms with Gasteiger partial charge in [0, 0.05) is 31.1 Å². The molecule has 0 unspecified atom stereocenters. The number of fused-ring (bicyclic) bond motifs is 1. The number of anilines is 1. The summed E-state index contributed by atoms with van der Waals surface area (Å²) in [6.45, 7) is 5.47. The van der Waals surface area contributed by atoms with Crippen LogP contribution < -0.4 is 10.1 Å². The van der Waals surface area contributed by atoms with Crippen molar-refractivity contribution >= 4 is 11.7 Å². The molecule has 3 heterocycles. The van der Waals surface area contributed by atoms with Gasteiger partial charge >= 0.3 is 0 Å². The molecule has 2 aromatic heterocycles. The Labute approximate surface area is 116 Å². The summed E-state index contributed by atoms with van der Waals surface area (Å²) in [5.74, 6) is 1.06. The number of carbonyl (C=O) groups excluding carboxylic acids is 1. The van der Waals surface area contributed by atoms with Gasteiger partial charge in [0.1, 0.15) is 5.82 Å². The Bertz CT molecular complexity index is 605. The van der Waals surface area contributed by atoms with Gasteiger partial charge in [-0.3, -0.25) is 4.79 Å². The normalized spacial score (nSPS) is 13.9. The van der Waals surface area contributed by atoms with Crippen LogP contribution in [0.3, 0.4) is 0 Å². The Morgan fingerprint density at radius 3 is 3.10 bits per heavy atom. The first-order chi connectivity index (χ1) is 9.65. The van der Waals surface area contributed by atoms with Crippen LogP contribution in [0.15, 0.2) is 18.3 Å². The minimum atomic E-state index is -0.252. The van der Waals surface area contributed by atoms with E-state index >= 15 is 0 Å². The molecule has 7 heteroatoms. The highest BCUT2D eigenvalue weighted by Crippen LogP contribution is 2.20. The zero-order valence-corrected chi connectivity index (χ0v) is 11.5. The summed E-state index contributed by atoms with van der Waals surface area (Å²) in [6.07, 6.45) is 2.58. The van der Waals surface area contributed by atoms with E-state index in [0.29, 0.717) is 24.0 Å². The maximum Gasteiger partial charge on any atom is 0.277 e. The highest BCUT2D eigenvalue weighted by atomic mass is 16.5. The van der Waals surface area contributed by atoms with Crippen molar-refractivity contribution in [1.82, 2.24) is 19.6 Å². The molecule has 0 saturated carbocycles. The number of carbonyl (C=O) groups is 1. The SMILES string of the molecule is CC(C)n1nccc1NC(=O)c1cc2n(n1)CCCO2. The third kappa shape index (κ3) is 2.26. The zero-order chi connectivity index (χ0) is 14.1. The third-order valence-electron chi connectivity index (χ3n) is 3.14. The molecule has 0 aromatic carbocycles. The van der Waals surface area contributed by atoms with Crippen LogP contribution in [0.1, 0.15) is 36.8 Å². The molecular formula is C13H17N5O2. The molecule has 0 bridgehead atoms. The molecule has 1 aliphatic heterocycles. The van der Waals surface area contributed by atoms with Crippen molar-refractivity contribution < 1.29 is 9.53 Å². The summed E-state index contributed by atoms with van der Waals surface area (Å²) in [7, 11) is 0. The van der Waals surface area contributed by atoms with E-state index in [9.17, 15) is 4.79 Å². The van der Waals surface area contributed by atoms with Crippen molar-refractivity contribution in [2.45, 2.75) is 32.9 Å². The average molecular weight is 275 g/mol. The minimum absolute atomic E-state index is 0.179. The average Bonchev–Trinajstić information content (AvgIpc) is 3.03. The lowest BCUT2D eigenvalue weighted by Gasteiger charge is -2.13. The number of aromatic nitrogens is 4. The molecule has 0 radical (unpaired) electrons. The van der Waals surface area contributed by atoms with Gasteiger partial charge < -0.3 is 10.1 Å². The fourth-order valence-electron chi connectivity index (χ4n) is 2.18. The van der Waals surface area contributed by atoms with Crippen LogP contribution in [-0.2, 0) is 6.54 Å². The molecule has 0 spiro atoms. The van der Waals surface area contributed by atoms with Gasteiger partial charge in [-0.05, 0) is 13.8 Å². The molecule has 1 aliphatic rings. The summed E-state index contributed by atoms with van der Waals surface area (Å²) in [6, 6.07) is 3.62. The van der Waals surface area contributed by atoms with E-state index in [-0.39, 0.29) is 11.9 Å². The molecular weight excluding hydrogens is 258 g/mol. The van der Waals surface area contributed by atoms with Crippen LogP contribution in [0.2, 0.25) is 0 Å². The maximum absolute atomic E-state index is 12.2. The first kappa shape index (κ1) is 12.7. The van der Waals surface area contributed by atoms with Crippen molar-refractivity contribution in [2.24, 2.45) is 0 Å². The summed E-state index contributed by atoms with van der Waals surface area (Å²) in [5.41, 5.74) is 0.360. The first-order valence-electron chi connectivity index (χ1n) is 6.70. The van der Waals surface area contributed by atoms with Crippen molar-refractivity contribution in [3.8, 4) is 5.88 Å². The molecule has 0 aliphatic carbocycles. The molecule has 7 nitrogen and oxygen atoms in total. The molecule has 2 aromatic rings. The molecule has 0 saturated heterocycles. The molecule has 0 fully saturated rings. The number of aryl methyl sites for hydroxylation is 1. The van der Waals surface area contributed by atoms with E-state index in [0.717, 1.165) is 13.0 Å². The minimum Gasteiger partial charge on any atom is -0.478 e. The van der Waals surface area contributed by atoms with E-state index in [1.54, 1.807) is 27.7 Å². The Balaban J connectivity index is 1.79. The highest BCUT2D eigenvalue weighted by Gasteiger charge is 2.19. The number of ether oxygens (including phenoxy) is 1. The van der Waals surface area contributed by atoms with Gasteiger partial charge in [0.05, 0.1) is 12.8 Å². The topological polar surface area (TPSA) is 74.0 Å². The summed E-state index contributed by atoms with van der Waals surface area (Å²) in [5, 5.41) is 11.3. The lowest BCUT2D eigenvalue weighted by molar-refractivity contribution is 0.102. The molecule has 3 rings (SSSR count). The van der Waals surface area contributed by atoms with Crippen LogP contribution >= 0.6 is 0 Å². The predicted molar refractivity (Wildman–Crippen MR) is 72.9 cm³/mol. The van der Waals surface area contributed by atoms with E-state index in [4.69, 9.17) is 4.74 Å². The fraction of sp³-hybridized carbons (Fsp3) is 0.462. The van der Waals surface area contributed by atoms with Crippen LogP contribution in [0.5, 0.6) is 5.88 Å². The molecule has 20 heavy (non-hydrogen) atoms. The van der Waals surface area contributed by atoms with Gasteiger partial charge in [-0.1, -0.05) is 0 Å². The standard InChI is InChI=1S/C13H17N5O2/c1-9(2)18-11(4-5-14-18)15-13(19)10-8-12-17(16-10)6-3-7-20-12/h4-5,8-9H,3,6-7H2,1-2H3,(H,15,19). The number of rotatable bonds is 3. The summed E-state index contributed by atoms with van der Waals surface area (Å²) in [4.78, 5) is 12.2. The smallest absolute Gasteiger partial charge is 0.277 e. The summed E-state index contributed by atoms with van der Waals surface area (Å²) < 4.78 is 8.93. The van der Waals surface area contributed by atoms with Crippen molar-refractivity contribution in [3.05, 3.63) is 24.0 Å². The number of nitrogens with one attached hydrogen (secondary N) is 1. The first-order valence-corrected chi connectivity index (χ1v) is 6.70. The van der Waals surface area contributed by atoms with E-state index < -0.39 is 0 Å². The number of hydrogen-bond acceptors (Lipinski definition) is 4. The molecule has 106 valence electrons. The Morgan fingerprint density at radius 1 is 1.50 bits per heavy atom. The maximum atomic E-state index is 12.2. The van der Waals surface area contributed by atoms with E-state index in [2.05, 4.69) is 15.5 Å². The number of nitrogens with zero attached hydrogens (tertiary/aromatic N) is 4. The Morgan fingerprint density at radius 2 is 2.35 bits per heavy atom. The quantitative estimate of drug-likeness (QED) is 0.925. The van der Waals surface area contributed by atoms with Crippen molar-refractivity contribution in [2.75, 3.05) is 11.9 Å².